The van der Waals surface area contributed by atoms with Crippen LogP contribution < -0.4 is 14.8 Å². The number of nitrogens with zero attached hydrogens (tertiary/aromatic N) is 4. The molecule has 1 aliphatic carbocycles. The number of alkyl halides is 2. The third-order valence-corrected chi connectivity index (χ3v) is 4.59. The van der Waals surface area contributed by atoms with Crippen LogP contribution in [0.15, 0.2) is 36.7 Å². The minimum absolute atomic E-state index is 0.256. The number of pyridine rings is 2. The molecule has 4 rings (SSSR count). The molecule has 3 heterocycles. The van der Waals surface area contributed by atoms with Crippen LogP contribution in [0.2, 0.25) is 0 Å². The first-order chi connectivity index (χ1) is 13.0. The van der Waals surface area contributed by atoms with E-state index in [1.807, 2.05) is 0 Å². The zero-order valence-electron chi connectivity index (χ0n) is 14.2. The first-order valence-electron chi connectivity index (χ1n) is 8.13. The lowest BCUT2D eigenvalue weighted by Gasteiger charge is -2.34. The van der Waals surface area contributed by atoms with Crippen molar-refractivity contribution >= 4 is 22.5 Å². The van der Waals surface area contributed by atoms with E-state index < -0.39 is 12.0 Å². The summed E-state index contributed by atoms with van der Waals surface area (Å²) >= 11 is 1.16. The van der Waals surface area contributed by atoms with E-state index in [-0.39, 0.29) is 12.8 Å². The Morgan fingerprint density at radius 2 is 2.07 bits per heavy atom. The highest BCUT2D eigenvalue weighted by atomic mass is 32.1. The first kappa shape index (κ1) is 17.5. The highest BCUT2D eigenvalue weighted by molar-refractivity contribution is 7.09. The zero-order valence-corrected chi connectivity index (χ0v) is 15.0. The lowest BCUT2D eigenvalue weighted by atomic mass is 9.91. The summed E-state index contributed by atoms with van der Waals surface area (Å²) in [6.07, 6.45) is 2.16. The maximum absolute atomic E-state index is 12.9. The predicted molar refractivity (Wildman–Crippen MR) is 95.8 cm³/mol. The molecule has 27 heavy (non-hydrogen) atoms. The Kier molecular flexibility index (Phi) is 4.56. The van der Waals surface area contributed by atoms with E-state index in [4.69, 9.17) is 9.47 Å². The molecule has 1 saturated carbocycles. The average molecular weight is 391 g/mol. The van der Waals surface area contributed by atoms with Crippen molar-refractivity contribution < 1.29 is 18.3 Å². The largest absolute Gasteiger partial charge is 0.493 e. The van der Waals surface area contributed by atoms with Gasteiger partial charge in [0.05, 0.1) is 13.3 Å². The Bertz CT molecular complexity index is 927. The SMILES string of the molecule is COc1cccnc1Nc1nc(-c2ccc(OC3CC(F)(F)C3)cn2)ns1. The third kappa shape index (κ3) is 3.95. The van der Waals surface area contributed by atoms with Crippen molar-refractivity contribution in [3.8, 4) is 23.0 Å². The highest BCUT2D eigenvalue weighted by Gasteiger charge is 2.47. The molecule has 10 heteroatoms. The van der Waals surface area contributed by atoms with Crippen LogP contribution in [-0.2, 0) is 0 Å². The molecule has 0 unspecified atom stereocenters. The standard InChI is InChI=1S/C17H15F2N5O2S/c1-25-13-3-2-6-20-15(13)23-16-22-14(24-27-16)12-5-4-10(9-21-12)26-11-7-17(18,19)8-11/h2-6,9,11H,7-8H2,1H3,(H,20,22,23,24). The van der Waals surface area contributed by atoms with Gasteiger partial charge in [-0.3, -0.25) is 0 Å². The van der Waals surface area contributed by atoms with Gasteiger partial charge < -0.3 is 14.8 Å². The fourth-order valence-electron chi connectivity index (χ4n) is 2.59. The molecule has 0 aromatic carbocycles. The number of anilines is 2. The fourth-order valence-corrected chi connectivity index (χ4v) is 3.17. The van der Waals surface area contributed by atoms with E-state index in [1.54, 1.807) is 37.6 Å². The van der Waals surface area contributed by atoms with Gasteiger partial charge in [0, 0.05) is 30.6 Å². The summed E-state index contributed by atoms with van der Waals surface area (Å²) in [5.41, 5.74) is 0.554. The van der Waals surface area contributed by atoms with Crippen LogP contribution in [0.5, 0.6) is 11.5 Å². The summed E-state index contributed by atoms with van der Waals surface area (Å²) in [5, 5.41) is 3.60. The second kappa shape index (κ2) is 7.03. The minimum atomic E-state index is -2.61. The molecular formula is C17H15F2N5O2S. The third-order valence-electron chi connectivity index (χ3n) is 3.96. The van der Waals surface area contributed by atoms with Gasteiger partial charge in [0.25, 0.3) is 5.92 Å². The first-order valence-corrected chi connectivity index (χ1v) is 8.90. The summed E-state index contributed by atoms with van der Waals surface area (Å²) in [7, 11) is 1.56. The van der Waals surface area contributed by atoms with Crippen molar-refractivity contribution in [1.82, 2.24) is 19.3 Å². The van der Waals surface area contributed by atoms with Crippen LogP contribution in [0.4, 0.5) is 19.7 Å². The van der Waals surface area contributed by atoms with Gasteiger partial charge >= 0.3 is 0 Å². The Hall–Kier alpha value is -2.88. The van der Waals surface area contributed by atoms with Crippen molar-refractivity contribution in [3.05, 3.63) is 36.7 Å². The second-order valence-corrected chi connectivity index (χ2v) is 6.74. The Morgan fingerprint density at radius 1 is 1.22 bits per heavy atom. The van der Waals surface area contributed by atoms with E-state index >= 15 is 0 Å². The van der Waals surface area contributed by atoms with Crippen LogP contribution in [0.1, 0.15) is 12.8 Å². The van der Waals surface area contributed by atoms with Crippen molar-refractivity contribution in [2.45, 2.75) is 24.9 Å². The molecule has 1 N–H and O–H groups in total. The van der Waals surface area contributed by atoms with E-state index in [2.05, 4.69) is 24.6 Å². The Morgan fingerprint density at radius 3 is 2.78 bits per heavy atom. The number of methoxy groups -OCH3 is 1. The molecule has 0 aliphatic heterocycles. The number of halogens is 2. The molecule has 0 atom stereocenters. The molecule has 0 spiro atoms. The molecule has 3 aromatic rings. The maximum Gasteiger partial charge on any atom is 0.255 e. The van der Waals surface area contributed by atoms with Crippen LogP contribution in [0, 0.1) is 0 Å². The van der Waals surface area contributed by atoms with E-state index in [9.17, 15) is 8.78 Å². The summed E-state index contributed by atoms with van der Waals surface area (Å²) in [6, 6.07) is 6.93. The van der Waals surface area contributed by atoms with Gasteiger partial charge in [0.1, 0.15) is 17.5 Å². The monoisotopic (exact) mass is 391 g/mol. The predicted octanol–water partition coefficient (Wildman–Crippen LogP) is 3.92. The second-order valence-electron chi connectivity index (χ2n) is 5.99. The molecular weight excluding hydrogens is 376 g/mol. The molecule has 0 saturated heterocycles. The summed E-state index contributed by atoms with van der Waals surface area (Å²) < 4.78 is 40.7. The molecule has 3 aromatic heterocycles. The number of aromatic nitrogens is 4. The van der Waals surface area contributed by atoms with Crippen molar-refractivity contribution in [1.29, 1.82) is 0 Å². The number of nitrogens with one attached hydrogen (secondary N) is 1. The van der Waals surface area contributed by atoms with Crippen LogP contribution in [0.25, 0.3) is 11.5 Å². The summed E-state index contributed by atoms with van der Waals surface area (Å²) in [6.45, 7) is 0. The fraction of sp³-hybridized carbons (Fsp3) is 0.294. The molecule has 0 amide bonds. The zero-order chi connectivity index (χ0) is 18.9. The molecule has 1 aliphatic rings. The number of rotatable bonds is 6. The molecule has 0 radical (unpaired) electrons. The summed E-state index contributed by atoms with van der Waals surface area (Å²) in [4.78, 5) is 12.8. The molecule has 7 nitrogen and oxygen atoms in total. The van der Waals surface area contributed by atoms with Crippen LogP contribution in [-0.4, -0.2) is 38.5 Å². The normalized spacial score (nSPS) is 15.8. The van der Waals surface area contributed by atoms with E-state index in [0.717, 1.165) is 11.5 Å². The van der Waals surface area contributed by atoms with Crippen molar-refractivity contribution in [2.75, 3.05) is 12.4 Å². The van der Waals surface area contributed by atoms with Gasteiger partial charge in [-0.05, 0) is 24.3 Å². The topological polar surface area (TPSA) is 82.0 Å². The van der Waals surface area contributed by atoms with Gasteiger partial charge in [0.2, 0.25) is 5.13 Å². The Balaban J connectivity index is 1.42. The van der Waals surface area contributed by atoms with E-state index in [1.165, 1.54) is 6.20 Å². The van der Waals surface area contributed by atoms with Gasteiger partial charge in [-0.2, -0.15) is 9.36 Å². The number of hydrogen-bond acceptors (Lipinski definition) is 8. The van der Waals surface area contributed by atoms with Crippen LogP contribution >= 0.6 is 11.5 Å². The smallest absolute Gasteiger partial charge is 0.255 e. The van der Waals surface area contributed by atoms with E-state index in [0.29, 0.717) is 34.0 Å². The van der Waals surface area contributed by atoms with Crippen molar-refractivity contribution in [2.24, 2.45) is 0 Å². The minimum Gasteiger partial charge on any atom is -0.493 e. The lowest BCUT2D eigenvalue weighted by Crippen LogP contribution is -2.43. The summed E-state index contributed by atoms with van der Waals surface area (Å²) in [5.74, 6) is -0.584. The highest BCUT2D eigenvalue weighted by Crippen LogP contribution is 2.39. The molecule has 0 bridgehead atoms. The van der Waals surface area contributed by atoms with Crippen molar-refractivity contribution in [3.63, 3.8) is 0 Å². The van der Waals surface area contributed by atoms with Gasteiger partial charge in [-0.25, -0.2) is 18.7 Å². The number of hydrogen-bond donors (Lipinski definition) is 1. The van der Waals surface area contributed by atoms with Gasteiger partial charge in [-0.15, -0.1) is 0 Å². The number of ether oxygens (including phenoxy) is 2. The quantitative estimate of drug-likeness (QED) is 0.682. The van der Waals surface area contributed by atoms with Gasteiger partial charge in [0.15, 0.2) is 17.4 Å². The average Bonchev–Trinajstić information content (AvgIpc) is 3.10. The van der Waals surface area contributed by atoms with Crippen LogP contribution in [0.3, 0.4) is 0 Å². The Labute approximate surface area is 157 Å². The van der Waals surface area contributed by atoms with Gasteiger partial charge in [-0.1, -0.05) is 0 Å². The molecule has 1 fully saturated rings. The maximum atomic E-state index is 12.9. The lowest BCUT2D eigenvalue weighted by molar-refractivity contribution is -0.134. The molecule has 140 valence electrons.